The van der Waals surface area contributed by atoms with Gasteiger partial charge in [0.15, 0.2) is 0 Å². The lowest BCUT2D eigenvalue weighted by Crippen LogP contribution is -2.27. The van der Waals surface area contributed by atoms with Crippen molar-refractivity contribution in [1.29, 1.82) is 0 Å². The summed E-state index contributed by atoms with van der Waals surface area (Å²) in [5, 5.41) is 0. The van der Waals surface area contributed by atoms with Crippen molar-refractivity contribution in [3.8, 4) is 11.1 Å². The molecule has 0 atom stereocenters. The van der Waals surface area contributed by atoms with Crippen LogP contribution in [0.3, 0.4) is 0 Å². The van der Waals surface area contributed by atoms with Crippen molar-refractivity contribution >= 4 is 22.7 Å². The molecule has 0 N–H and O–H groups in total. The van der Waals surface area contributed by atoms with Crippen molar-refractivity contribution in [1.82, 2.24) is 0 Å². The van der Waals surface area contributed by atoms with Gasteiger partial charge in [0.05, 0.1) is 0 Å². The van der Waals surface area contributed by atoms with Gasteiger partial charge in [0.25, 0.3) is 0 Å². The topological polar surface area (TPSA) is 13.0 Å². The Kier molecular flexibility index (Phi) is 5.98. The highest BCUT2D eigenvalue weighted by Gasteiger charge is 2.21. The quantitative estimate of drug-likeness (QED) is 0.279. The number of hydrogen-bond acceptors (Lipinski definition) is 4. The zero-order chi connectivity index (χ0) is 26.6. The van der Waals surface area contributed by atoms with E-state index in [2.05, 4.69) is 84.2 Å². The van der Waals surface area contributed by atoms with E-state index in [1.54, 1.807) is 12.1 Å². The Morgan fingerprint density at radius 3 is 1.05 bits per heavy atom. The van der Waals surface area contributed by atoms with Crippen LogP contribution in [0.5, 0.6) is 0 Å². The first kappa shape index (κ1) is 24.3. The molecule has 2 aliphatic rings. The fourth-order valence-electron chi connectivity index (χ4n) is 6.00. The van der Waals surface area contributed by atoms with Gasteiger partial charge in [-0.1, -0.05) is 12.1 Å². The maximum Gasteiger partial charge on any atom is 0.123 e. The molecule has 0 fully saturated rings. The summed E-state index contributed by atoms with van der Waals surface area (Å²) >= 11 is 0. The van der Waals surface area contributed by atoms with Crippen LogP contribution in [-0.4, -0.2) is 28.2 Å². The third kappa shape index (κ3) is 4.34. The van der Waals surface area contributed by atoms with E-state index >= 15 is 0 Å². The molecule has 0 saturated heterocycles. The van der Waals surface area contributed by atoms with Crippen LogP contribution in [0.2, 0.25) is 0 Å². The van der Waals surface area contributed by atoms with Crippen LogP contribution in [0, 0.1) is 11.6 Å². The van der Waals surface area contributed by atoms with Gasteiger partial charge in [0.2, 0.25) is 0 Å². The molecule has 4 aromatic rings. The van der Waals surface area contributed by atoms with Gasteiger partial charge in [-0.15, -0.1) is 0 Å². The van der Waals surface area contributed by atoms with E-state index < -0.39 is 0 Å². The van der Waals surface area contributed by atoms with Crippen LogP contribution in [0.15, 0.2) is 72.8 Å². The zero-order valence-electron chi connectivity index (χ0n) is 22.3. The van der Waals surface area contributed by atoms with Crippen molar-refractivity contribution in [2.24, 2.45) is 0 Å². The van der Waals surface area contributed by atoms with Gasteiger partial charge in [0, 0.05) is 77.1 Å². The molecule has 4 aromatic carbocycles. The van der Waals surface area contributed by atoms with Crippen LogP contribution in [0.4, 0.5) is 31.5 Å². The Morgan fingerprint density at radius 2 is 0.711 bits per heavy atom. The molecular formula is C32H32F2N4. The van der Waals surface area contributed by atoms with Crippen LogP contribution >= 0.6 is 0 Å². The molecule has 2 aliphatic heterocycles. The van der Waals surface area contributed by atoms with E-state index in [0.717, 1.165) is 47.0 Å². The lowest BCUT2D eigenvalue weighted by atomic mass is 9.96. The van der Waals surface area contributed by atoms with Gasteiger partial charge in [-0.3, -0.25) is 0 Å². The SMILES string of the molecule is CN1Cc2cc(-c3ccc4c(c3)CN(C)c3ccc(F)cc3CN4C)ccc2N(C)Cc2cc(F)ccc21. The largest absolute Gasteiger partial charge is 0.370 e. The Labute approximate surface area is 223 Å². The maximum absolute atomic E-state index is 14.0. The van der Waals surface area contributed by atoms with Gasteiger partial charge in [0.1, 0.15) is 11.6 Å². The minimum atomic E-state index is -0.201. The van der Waals surface area contributed by atoms with E-state index in [4.69, 9.17) is 0 Å². The summed E-state index contributed by atoms with van der Waals surface area (Å²) in [4.78, 5) is 8.81. The molecule has 4 nitrogen and oxygen atoms in total. The van der Waals surface area contributed by atoms with Crippen LogP contribution < -0.4 is 19.6 Å². The smallest absolute Gasteiger partial charge is 0.123 e. The molecule has 0 aliphatic carbocycles. The summed E-state index contributed by atoms with van der Waals surface area (Å²) in [6.07, 6.45) is 0. The first-order valence-electron chi connectivity index (χ1n) is 12.9. The number of fused-ring (bicyclic) bond motifs is 4. The zero-order valence-corrected chi connectivity index (χ0v) is 22.3. The van der Waals surface area contributed by atoms with Crippen molar-refractivity contribution in [2.45, 2.75) is 26.2 Å². The molecule has 0 unspecified atom stereocenters. The minimum Gasteiger partial charge on any atom is -0.370 e. The highest BCUT2D eigenvalue weighted by Crippen LogP contribution is 2.37. The summed E-state index contributed by atoms with van der Waals surface area (Å²) < 4.78 is 27.9. The monoisotopic (exact) mass is 510 g/mol. The second-order valence-electron chi connectivity index (χ2n) is 10.7. The van der Waals surface area contributed by atoms with Crippen LogP contribution in [0.1, 0.15) is 22.3 Å². The number of halogens is 2. The molecule has 0 saturated carbocycles. The van der Waals surface area contributed by atoms with Gasteiger partial charge in [-0.2, -0.15) is 0 Å². The average molecular weight is 511 g/mol. The molecule has 0 spiro atoms. The highest BCUT2D eigenvalue weighted by atomic mass is 19.1. The lowest BCUT2D eigenvalue weighted by Gasteiger charge is -2.33. The average Bonchev–Trinajstić information content (AvgIpc) is 2.87. The van der Waals surface area contributed by atoms with Gasteiger partial charge in [-0.05, 0) is 94.0 Å². The molecule has 6 rings (SSSR count). The number of benzene rings is 4. The molecule has 6 heteroatoms. The fraction of sp³-hybridized carbons (Fsp3) is 0.250. The molecule has 2 heterocycles. The minimum absolute atomic E-state index is 0.201. The Balaban J connectivity index is 1.35. The van der Waals surface area contributed by atoms with Crippen LogP contribution in [-0.2, 0) is 26.2 Å². The number of rotatable bonds is 1. The number of hydrogen-bond donors (Lipinski definition) is 0. The third-order valence-electron chi connectivity index (χ3n) is 7.85. The van der Waals surface area contributed by atoms with E-state index in [-0.39, 0.29) is 11.6 Å². The molecule has 0 aromatic heterocycles. The molecule has 0 amide bonds. The molecule has 194 valence electrons. The number of nitrogens with zero attached hydrogens (tertiary/aromatic N) is 4. The van der Waals surface area contributed by atoms with Gasteiger partial charge in [-0.25, -0.2) is 8.78 Å². The second-order valence-corrected chi connectivity index (χ2v) is 10.7. The third-order valence-corrected chi connectivity index (χ3v) is 7.85. The maximum atomic E-state index is 14.0. The van der Waals surface area contributed by atoms with E-state index in [0.29, 0.717) is 13.1 Å². The predicted octanol–water partition coefficient (Wildman–Crippen LogP) is 6.80. The standard InChI is InChI=1S/C32H32F2N4/c1-35-17-23-13-21(5-9-29(23)37(3)19-25-15-27(33)7-11-31(25)35)22-6-10-30-24(14-22)18-36(2)32-12-8-28(34)16-26(32)20-38(30)4/h5-16H,17-20H2,1-4H3. The second kappa shape index (κ2) is 9.35. The van der Waals surface area contributed by atoms with Gasteiger partial charge < -0.3 is 19.6 Å². The van der Waals surface area contributed by atoms with Crippen molar-refractivity contribution in [2.75, 3.05) is 47.8 Å². The Bertz CT molecular complexity index is 1420. The fourth-order valence-corrected chi connectivity index (χ4v) is 6.00. The molecule has 38 heavy (non-hydrogen) atoms. The van der Waals surface area contributed by atoms with Crippen molar-refractivity contribution < 1.29 is 8.78 Å². The summed E-state index contributed by atoms with van der Waals surface area (Å²) in [5.74, 6) is -0.403. The Hall–Kier alpha value is -4.06. The normalized spacial score (nSPS) is 15.0. The molecule has 0 radical (unpaired) electrons. The first-order valence-corrected chi connectivity index (χ1v) is 12.9. The van der Waals surface area contributed by atoms with E-state index in [1.807, 2.05) is 12.1 Å². The molecule has 0 bridgehead atoms. The highest BCUT2D eigenvalue weighted by molar-refractivity contribution is 5.74. The summed E-state index contributed by atoms with van der Waals surface area (Å²) in [6.45, 7) is 2.76. The molecular weight excluding hydrogens is 478 g/mol. The number of anilines is 4. The lowest BCUT2D eigenvalue weighted by molar-refractivity contribution is 0.624. The predicted molar refractivity (Wildman–Crippen MR) is 153 cm³/mol. The van der Waals surface area contributed by atoms with Crippen molar-refractivity contribution in [3.63, 3.8) is 0 Å². The van der Waals surface area contributed by atoms with E-state index in [9.17, 15) is 8.78 Å². The Morgan fingerprint density at radius 1 is 0.421 bits per heavy atom. The summed E-state index contributed by atoms with van der Waals surface area (Å²) in [6, 6.07) is 23.4. The first-order chi connectivity index (χ1) is 18.3. The van der Waals surface area contributed by atoms with Gasteiger partial charge >= 0.3 is 0 Å². The van der Waals surface area contributed by atoms with E-state index in [1.165, 1.54) is 34.4 Å². The summed E-state index contributed by atoms with van der Waals surface area (Å²) in [7, 11) is 8.27. The van der Waals surface area contributed by atoms with Crippen molar-refractivity contribution in [3.05, 3.63) is 107 Å². The summed E-state index contributed by atoms with van der Waals surface area (Å²) in [5.41, 5.74) is 11.2. The van der Waals surface area contributed by atoms with Crippen LogP contribution in [0.25, 0.3) is 11.1 Å².